The van der Waals surface area contributed by atoms with Gasteiger partial charge in [0, 0.05) is 50.7 Å². The number of nitrogens with one attached hydrogen (secondary N) is 1. The number of hydrogen-bond donors (Lipinski definition) is 1. The van der Waals surface area contributed by atoms with Crippen molar-refractivity contribution in [2.75, 3.05) is 38.1 Å². The lowest BCUT2D eigenvalue weighted by Crippen LogP contribution is -2.44. The molecule has 32 heavy (non-hydrogen) atoms. The molecule has 1 aromatic carbocycles. The minimum Gasteiger partial charge on any atom is -0.369 e. The molecule has 8 heteroatoms. The number of carbonyl (C=O) groups is 1. The summed E-state index contributed by atoms with van der Waals surface area (Å²) in [5, 5.41) is 3.05. The van der Waals surface area contributed by atoms with Crippen molar-refractivity contribution in [2.24, 2.45) is 0 Å². The summed E-state index contributed by atoms with van der Waals surface area (Å²) in [5.41, 5.74) is 2.40. The maximum Gasteiger partial charge on any atom is 0.221 e. The largest absolute Gasteiger partial charge is 0.369 e. The minimum atomic E-state index is -0.696. The van der Waals surface area contributed by atoms with E-state index in [1.165, 1.54) is 5.56 Å². The van der Waals surface area contributed by atoms with Gasteiger partial charge in [-0.3, -0.25) is 7.86 Å². The van der Waals surface area contributed by atoms with E-state index < -0.39 is 6.17 Å². The molecule has 2 unspecified atom stereocenters. The number of alkyl halides is 1. The second-order valence-electron chi connectivity index (χ2n) is 9.13. The SMILES string of the molecule is C[C@@H]1CC(N(C)CCC(=O)NCCCCc2ccc(N3CC[C@H](F)C3)cc2)CC(OI)O1. The fourth-order valence-corrected chi connectivity index (χ4v) is 4.87. The van der Waals surface area contributed by atoms with E-state index in [4.69, 9.17) is 7.80 Å². The van der Waals surface area contributed by atoms with Crippen molar-refractivity contribution >= 4 is 34.6 Å². The number of benzene rings is 1. The third-order valence-corrected chi connectivity index (χ3v) is 7.08. The van der Waals surface area contributed by atoms with Crippen LogP contribution in [0.1, 0.15) is 51.0 Å². The lowest BCUT2D eigenvalue weighted by Gasteiger charge is -2.37. The Balaban J connectivity index is 1.26. The average molecular weight is 561 g/mol. The highest BCUT2D eigenvalue weighted by Gasteiger charge is 2.30. The molecule has 4 atom stereocenters. The number of unbranched alkanes of at least 4 members (excludes halogenated alkanes) is 1. The van der Waals surface area contributed by atoms with Crippen LogP contribution in [0.25, 0.3) is 0 Å². The van der Waals surface area contributed by atoms with Gasteiger partial charge in [-0.2, -0.15) is 0 Å². The number of halogens is 2. The minimum absolute atomic E-state index is 0.111. The van der Waals surface area contributed by atoms with Crippen molar-refractivity contribution in [3.8, 4) is 0 Å². The fourth-order valence-electron chi connectivity index (χ4n) is 4.55. The van der Waals surface area contributed by atoms with E-state index in [2.05, 4.69) is 53.4 Å². The molecular weight excluding hydrogens is 524 g/mol. The van der Waals surface area contributed by atoms with Crippen LogP contribution in [0.15, 0.2) is 24.3 Å². The van der Waals surface area contributed by atoms with Crippen LogP contribution in [-0.2, 0) is 19.0 Å². The monoisotopic (exact) mass is 561 g/mol. The van der Waals surface area contributed by atoms with Gasteiger partial charge in [0.15, 0.2) is 6.29 Å². The van der Waals surface area contributed by atoms with Crippen LogP contribution < -0.4 is 10.2 Å². The third kappa shape index (κ3) is 8.11. The zero-order valence-corrected chi connectivity index (χ0v) is 21.4. The van der Waals surface area contributed by atoms with Crippen molar-refractivity contribution in [1.29, 1.82) is 0 Å². The Morgan fingerprint density at radius 3 is 2.78 bits per heavy atom. The summed E-state index contributed by atoms with van der Waals surface area (Å²) < 4.78 is 24.4. The highest BCUT2D eigenvalue weighted by atomic mass is 127. The van der Waals surface area contributed by atoms with E-state index in [0.29, 0.717) is 32.0 Å². The van der Waals surface area contributed by atoms with Gasteiger partial charge in [0.25, 0.3) is 0 Å². The topological polar surface area (TPSA) is 54.0 Å². The number of hydrogen-bond acceptors (Lipinski definition) is 5. The smallest absolute Gasteiger partial charge is 0.221 e. The van der Waals surface area contributed by atoms with Crippen molar-refractivity contribution in [1.82, 2.24) is 10.2 Å². The molecule has 0 aliphatic carbocycles. The molecular formula is C24H37FIN3O3. The summed E-state index contributed by atoms with van der Waals surface area (Å²) in [5.74, 6) is 0.111. The number of ether oxygens (including phenoxy) is 1. The van der Waals surface area contributed by atoms with Crippen LogP contribution in [0.2, 0.25) is 0 Å². The quantitative estimate of drug-likeness (QED) is 0.324. The Morgan fingerprint density at radius 2 is 2.09 bits per heavy atom. The highest BCUT2D eigenvalue weighted by Crippen LogP contribution is 2.25. The number of aryl methyl sites for hydroxylation is 1. The Labute approximate surface area is 205 Å². The average Bonchev–Trinajstić information content (AvgIpc) is 3.23. The first-order valence-electron chi connectivity index (χ1n) is 11.8. The molecule has 3 rings (SSSR count). The first-order valence-corrected chi connectivity index (χ1v) is 12.7. The van der Waals surface area contributed by atoms with Crippen molar-refractivity contribution in [3.63, 3.8) is 0 Å². The van der Waals surface area contributed by atoms with Crippen LogP contribution in [0.3, 0.4) is 0 Å². The van der Waals surface area contributed by atoms with Crippen LogP contribution in [-0.4, -0.2) is 68.6 Å². The summed E-state index contributed by atoms with van der Waals surface area (Å²) in [6, 6.07) is 8.85. The predicted octanol–water partition coefficient (Wildman–Crippen LogP) is 4.26. The molecule has 1 aromatic rings. The molecule has 6 nitrogen and oxygen atoms in total. The first kappa shape index (κ1) is 25.6. The Kier molecular flexibility index (Phi) is 10.5. The predicted molar refractivity (Wildman–Crippen MR) is 134 cm³/mol. The number of carbonyl (C=O) groups excluding carboxylic acids is 1. The van der Waals surface area contributed by atoms with Crippen LogP contribution >= 0.6 is 23.0 Å². The van der Waals surface area contributed by atoms with E-state index >= 15 is 0 Å². The van der Waals surface area contributed by atoms with Gasteiger partial charge in [0.2, 0.25) is 5.91 Å². The maximum atomic E-state index is 13.4. The molecule has 0 radical (unpaired) electrons. The molecule has 0 bridgehead atoms. The second kappa shape index (κ2) is 13.1. The van der Waals surface area contributed by atoms with E-state index in [1.54, 1.807) is 0 Å². The van der Waals surface area contributed by atoms with Gasteiger partial charge in [-0.05, 0) is 63.8 Å². The Bertz CT molecular complexity index is 708. The third-order valence-electron chi connectivity index (χ3n) is 6.51. The zero-order valence-electron chi connectivity index (χ0n) is 19.3. The van der Waals surface area contributed by atoms with Crippen molar-refractivity contribution in [3.05, 3.63) is 29.8 Å². The summed E-state index contributed by atoms with van der Waals surface area (Å²) >= 11 is 1.90. The van der Waals surface area contributed by atoms with Gasteiger partial charge in [-0.15, -0.1) is 0 Å². The van der Waals surface area contributed by atoms with E-state index in [9.17, 15) is 9.18 Å². The van der Waals surface area contributed by atoms with Crippen LogP contribution in [0.4, 0.5) is 10.1 Å². The Morgan fingerprint density at radius 1 is 1.31 bits per heavy atom. The molecule has 2 saturated heterocycles. The van der Waals surface area contributed by atoms with Crippen molar-refractivity contribution in [2.45, 2.75) is 76.5 Å². The van der Waals surface area contributed by atoms with E-state index in [1.807, 2.05) is 23.0 Å². The Hall–Kier alpha value is -0.970. The number of amides is 1. The van der Waals surface area contributed by atoms with Gasteiger partial charge >= 0.3 is 0 Å². The lowest BCUT2D eigenvalue weighted by molar-refractivity contribution is -0.143. The normalized spacial score (nSPS) is 26.0. The molecule has 180 valence electrons. The molecule has 0 aromatic heterocycles. The first-order chi connectivity index (χ1) is 15.4. The molecule has 2 heterocycles. The molecule has 1 amide bonds. The molecule has 2 aliphatic heterocycles. The van der Waals surface area contributed by atoms with Crippen molar-refractivity contribution < 1.29 is 17.0 Å². The lowest BCUT2D eigenvalue weighted by atomic mass is 10.0. The molecule has 0 saturated carbocycles. The highest BCUT2D eigenvalue weighted by molar-refractivity contribution is 14.1. The number of anilines is 1. The summed E-state index contributed by atoms with van der Waals surface area (Å²) in [4.78, 5) is 16.6. The van der Waals surface area contributed by atoms with E-state index in [0.717, 1.165) is 50.9 Å². The van der Waals surface area contributed by atoms with Gasteiger partial charge in [0.1, 0.15) is 29.2 Å². The fraction of sp³-hybridized carbons (Fsp3) is 0.708. The molecule has 1 N–H and O–H groups in total. The van der Waals surface area contributed by atoms with Crippen LogP contribution in [0.5, 0.6) is 0 Å². The van der Waals surface area contributed by atoms with Gasteiger partial charge < -0.3 is 19.9 Å². The standard InChI is InChI=1S/C24H37FIN3O3/c1-18-15-22(16-24(31-18)32-26)28(2)13-11-23(30)27-12-4-3-5-19-6-8-21(9-7-19)29-14-10-20(25)17-29/h6-9,18,20,22,24H,3-5,10-17H2,1-2H3,(H,27,30)/t18-,20+,22?,24?/m1/s1. The van der Waals surface area contributed by atoms with E-state index in [-0.39, 0.29) is 18.3 Å². The summed E-state index contributed by atoms with van der Waals surface area (Å²) in [6.45, 7) is 4.83. The van der Waals surface area contributed by atoms with Crippen LogP contribution in [0, 0.1) is 0 Å². The number of rotatable bonds is 11. The van der Waals surface area contributed by atoms with Gasteiger partial charge in [-0.1, -0.05) is 12.1 Å². The maximum absolute atomic E-state index is 13.4. The summed E-state index contributed by atoms with van der Waals surface area (Å²) in [7, 11) is 2.07. The van der Waals surface area contributed by atoms with Gasteiger partial charge in [-0.25, -0.2) is 4.39 Å². The zero-order chi connectivity index (χ0) is 22.9. The molecule has 0 spiro atoms. The summed E-state index contributed by atoms with van der Waals surface area (Å²) in [6.07, 6.45) is 5.24. The second-order valence-corrected chi connectivity index (χ2v) is 9.64. The number of nitrogens with zero attached hydrogens (tertiary/aromatic N) is 2. The molecule has 2 aliphatic rings. The molecule has 2 fully saturated rings. The van der Waals surface area contributed by atoms with Gasteiger partial charge in [0.05, 0.1) is 6.10 Å².